The van der Waals surface area contributed by atoms with Crippen molar-refractivity contribution in [1.29, 1.82) is 0 Å². The van der Waals surface area contributed by atoms with Crippen LogP contribution in [0, 0.1) is 0 Å². The summed E-state index contributed by atoms with van der Waals surface area (Å²) in [6.07, 6.45) is 0. The first-order valence-electron chi connectivity index (χ1n) is 7.87. The van der Waals surface area contributed by atoms with Crippen molar-refractivity contribution in [1.82, 2.24) is 0 Å². The number of rotatable bonds is 2. The van der Waals surface area contributed by atoms with Crippen LogP contribution in [0.2, 0.25) is 0 Å². The van der Waals surface area contributed by atoms with E-state index in [0.717, 1.165) is 27.2 Å². The van der Waals surface area contributed by atoms with E-state index in [1.165, 1.54) is 0 Å². The van der Waals surface area contributed by atoms with Gasteiger partial charge in [-0.1, -0.05) is 0 Å². The Bertz CT molecular complexity index is 1090. The van der Waals surface area contributed by atoms with Crippen molar-refractivity contribution in [3.63, 3.8) is 0 Å². The Morgan fingerprint density at radius 2 is 1.76 bits per heavy atom. The summed E-state index contributed by atoms with van der Waals surface area (Å²) < 4.78 is 22.2. The summed E-state index contributed by atoms with van der Waals surface area (Å²) in [4.78, 5) is 14.4. The van der Waals surface area contributed by atoms with Crippen LogP contribution in [0.4, 0.5) is 5.69 Å². The molecule has 2 aliphatic heterocycles. The number of ether oxygens (including phenoxy) is 4. The Morgan fingerprint density at radius 1 is 1.00 bits per heavy atom. The van der Waals surface area contributed by atoms with Gasteiger partial charge in [0, 0.05) is 17.8 Å². The van der Waals surface area contributed by atoms with E-state index in [4.69, 9.17) is 18.9 Å². The largest absolute Gasteiger partial charge is 0.493 e. The van der Waals surface area contributed by atoms with Crippen LogP contribution in [-0.2, 0) is 0 Å². The van der Waals surface area contributed by atoms with Crippen LogP contribution in [0.5, 0.6) is 23.0 Å². The molecule has 2 aliphatic rings. The minimum atomic E-state index is -0.0590. The first-order chi connectivity index (χ1) is 12.1. The van der Waals surface area contributed by atoms with Gasteiger partial charge in [0.05, 0.1) is 25.5 Å². The lowest BCUT2D eigenvalue weighted by Crippen LogP contribution is -2.20. The van der Waals surface area contributed by atoms with Crippen molar-refractivity contribution < 1.29 is 23.7 Å². The molecule has 6 nitrogen and oxygen atoms in total. The molecule has 2 heterocycles. The van der Waals surface area contributed by atoms with E-state index in [-0.39, 0.29) is 12.7 Å². The summed E-state index contributed by atoms with van der Waals surface area (Å²) in [7, 11) is 4.95. The van der Waals surface area contributed by atoms with E-state index in [1.54, 1.807) is 32.2 Å². The standard InChI is InChI=1S/C19H15NO5/c1-20-12-4-9-5-13-14(25-8-24-13)6-10(9)17-16(12)11(19(20)21)7-15(22-2)18(17)23-3/h4-7H,8H2,1-3H3. The zero-order valence-electron chi connectivity index (χ0n) is 14.0. The quantitative estimate of drug-likeness (QED) is 0.672. The van der Waals surface area contributed by atoms with Crippen molar-refractivity contribution in [2.75, 3.05) is 33.0 Å². The van der Waals surface area contributed by atoms with Crippen LogP contribution in [0.15, 0.2) is 24.3 Å². The molecule has 0 N–H and O–H groups in total. The van der Waals surface area contributed by atoms with Crippen molar-refractivity contribution in [3.05, 3.63) is 29.8 Å². The average Bonchev–Trinajstić information content (AvgIpc) is 3.18. The predicted octanol–water partition coefficient (Wildman–Crippen LogP) is 3.33. The number of nitrogens with zero attached hydrogens (tertiary/aromatic N) is 1. The highest BCUT2D eigenvalue weighted by Gasteiger charge is 2.32. The highest BCUT2D eigenvalue weighted by atomic mass is 16.7. The molecule has 3 aromatic rings. The number of hydrogen-bond acceptors (Lipinski definition) is 5. The highest BCUT2D eigenvalue weighted by Crippen LogP contribution is 2.50. The zero-order chi connectivity index (χ0) is 17.3. The highest BCUT2D eigenvalue weighted by molar-refractivity contribution is 6.31. The second-order valence-corrected chi connectivity index (χ2v) is 6.10. The summed E-state index contributed by atoms with van der Waals surface area (Å²) >= 11 is 0. The maximum absolute atomic E-state index is 12.7. The normalized spacial score (nSPS) is 14.7. The van der Waals surface area contributed by atoms with Gasteiger partial charge in [0.25, 0.3) is 5.91 Å². The third-order valence-electron chi connectivity index (χ3n) is 4.93. The van der Waals surface area contributed by atoms with Crippen molar-refractivity contribution in [2.24, 2.45) is 0 Å². The minimum absolute atomic E-state index is 0.0590. The summed E-state index contributed by atoms with van der Waals surface area (Å²) in [5.74, 6) is 2.47. The Hall–Kier alpha value is -3.15. The molecule has 0 bridgehead atoms. The smallest absolute Gasteiger partial charge is 0.258 e. The van der Waals surface area contributed by atoms with Crippen molar-refractivity contribution in [3.8, 4) is 23.0 Å². The molecule has 0 spiro atoms. The molecule has 0 atom stereocenters. The molecule has 0 aliphatic carbocycles. The van der Waals surface area contributed by atoms with Gasteiger partial charge in [0.2, 0.25) is 6.79 Å². The second kappa shape index (κ2) is 4.69. The average molecular weight is 337 g/mol. The van der Waals surface area contributed by atoms with E-state index < -0.39 is 0 Å². The number of anilines is 1. The molecule has 5 rings (SSSR count). The molecule has 126 valence electrons. The van der Waals surface area contributed by atoms with E-state index in [2.05, 4.69) is 0 Å². The molecule has 0 aromatic heterocycles. The third-order valence-corrected chi connectivity index (χ3v) is 4.93. The van der Waals surface area contributed by atoms with Crippen molar-refractivity contribution >= 4 is 33.1 Å². The maximum Gasteiger partial charge on any atom is 0.258 e. The molecule has 25 heavy (non-hydrogen) atoms. The van der Waals surface area contributed by atoms with E-state index in [0.29, 0.717) is 28.6 Å². The van der Waals surface area contributed by atoms with Gasteiger partial charge in [-0.3, -0.25) is 4.79 Å². The molecule has 3 aromatic carbocycles. The number of carbonyl (C=O) groups is 1. The first-order valence-corrected chi connectivity index (χ1v) is 7.87. The van der Waals surface area contributed by atoms with Crippen LogP contribution in [0.25, 0.3) is 21.5 Å². The molecule has 0 saturated carbocycles. The Kier molecular flexibility index (Phi) is 2.67. The van der Waals surface area contributed by atoms with Gasteiger partial charge in [-0.05, 0) is 35.0 Å². The number of carbonyl (C=O) groups excluding carboxylic acids is 1. The number of benzene rings is 3. The Morgan fingerprint density at radius 3 is 2.48 bits per heavy atom. The lowest BCUT2D eigenvalue weighted by Gasteiger charge is -2.15. The van der Waals surface area contributed by atoms with Gasteiger partial charge in [0.1, 0.15) is 0 Å². The predicted molar refractivity (Wildman–Crippen MR) is 93.4 cm³/mol. The van der Waals surface area contributed by atoms with Crippen LogP contribution in [0.3, 0.4) is 0 Å². The molecule has 0 unspecified atom stereocenters. The van der Waals surface area contributed by atoms with Crippen LogP contribution < -0.4 is 23.8 Å². The van der Waals surface area contributed by atoms with Crippen LogP contribution in [-0.4, -0.2) is 34.0 Å². The van der Waals surface area contributed by atoms with Gasteiger partial charge >= 0.3 is 0 Å². The Labute approximate surface area is 143 Å². The van der Waals surface area contributed by atoms with E-state index >= 15 is 0 Å². The fourth-order valence-electron chi connectivity index (χ4n) is 3.75. The molecule has 1 amide bonds. The van der Waals surface area contributed by atoms with Crippen molar-refractivity contribution in [2.45, 2.75) is 0 Å². The molecular formula is C19H15NO5. The number of fused-ring (bicyclic) bond motifs is 3. The lowest BCUT2D eigenvalue weighted by molar-refractivity contribution is 0.0998. The van der Waals surface area contributed by atoms with Gasteiger partial charge in [-0.2, -0.15) is 0 Å². The molecule has 0 fully saturated rings. The maximum atomic E-state index is 12.7. The molecule has 0 radical (unpaired) electrons. The third kappa shape index (κ3) is 1.66. The minimum Gasteiger partial charge on any atom is -0.493 e. The van der Waals surface area contributed by atoms with Gasteiger partial charge in [0.15, 0.2) is 23.0 Å². The second-order valence-electron chi connectivity index (χ2n) is 6.10. The summed E-state index contributed by atoms with van der Waals surface area (Å²) in [6, 6.07) is 7.61. The number of methoxy groups -OCH3 is 2. The molecular weight excluding hydrogens is 322 g/mol. The van der Waals surface area contributed by atoms with Gasteiger partial charge in [-0.25, -0.2) is 0 Å². The van der Waals surface area contributed by atoms with Crippen LogP contribution >= 0.6 is 0 Å². The SMILES string of the molecule is COc1cc2c3c(cc4cc5c(cc4c3c1OC)OCO5)N(C)C2=O. The van der Waals surface area contributed by atoms with E-state index in [9.17, 15) is 4.79 Å². The Balaban J connectivity index is 2.04. The summed E-state index contributed by atoms with van der Waals surface area (Å²) in [5, 5.41) is 3.60. The van der Waals surface area contributed by atoms with Gasteiger partial charge < -0.3 is 23.8 Å². The van der Waals surface area contributed by atoms with E-state index in [1.807, 2.05) is 18.2 Å². The summed E-state index contributed by atoms with van der Waals surface area (Å²) in [6.45, 7) is 0.209. The number of amides is 1. The zero-order valence-corrected chi connectivity index (χ0v) is 14.0. The monoisotopic (exact) mass is 337 g/mol. The topological polar surface area (TPSA) is 57.2 Å². The number of hydrogen-bond donors (Lipinski definition) is 0. The molecule has 0 saturated heterocycles. The van der Waals surface area contributed by atoms with Gasteiger partial charge in [-0.15, -0.1) is 0 Å². The first kappa shape index (κ1) is 14.2. The molecule has 6 heteroatoms. The fourth-order valence-corrected chi connectivity index (χ4v) is 3.75. The lowest BCUT2D eigenvalue weighted by atomic mass is 9.96. The fraction of sp³-hybridized carbons (Fsp3) is 0.211. The van der Waals surface area contributed by atoms with Crippen LogP contribution in [0.1, 0.15) is 10.4 Å². The summed E-state index contributed by atoms with van der Waals surface area (Å²) in [5.41, 5.74) is 1.46.